The lowest BCUT2D eigenvalue weighted by atomic mass is 9.66. The summed E-state index contributed by atoms with van der Waals surface area (Å²) < 4.78 is 5.58. The molecule has 0 aromatic rings. The monoisotopic (exact) mass is 223 g/mol. The van der Waals surface area contributed by atoms with Gasteiger partial charge in [0.15, 0.2) is 0 Å². The van der Waals surface area contributed by atoms with E-state index in [1.807, 2.05) is 0 Å². The Labute approximate surface area is 99.1 Å². The van der Waals surface area contributed by atoms with E-state index in [0.29, 0.717) is 5.41 Å². The maximum absolute atomic E-state index is 5.58. The van der Waals surface area contributed by atoms with Crippen LogP contribution >= 0.6 is 0 Å². The van der Waals surface area contributed by atoms with E-state index in [1.54, 1.807) is 0 Å². The van der Waals surface area contributed by atoms with E-state index in [4.69, 9.17) is 4.74 Å². The molecule has 3 rings (SSSR count). The molecule has 2 heterocycles. The van der Waals surface area contributed by atoms with Crippen LogP contribution in [0.2, 0.25) is 0 Å². The minimum atomic E-state index is 0.610. The predicted octanol–water partition coefficient (Wildman–Crippen LogP) is 2.58. The van der Waals surface area contributed by atoms with Crippen LogP contribution in [-0.2, 0) is 4.74 Å². The van der Waals surface area contributed by atoms with Gasteiger partial charge in [-0.3, -0.25) is 0 Å². The van der Waals surface area contributed by atoms with Crippen molar-refractivity contribution < 1.29 is 4.74 Å². The number of hydrogen-bond donors (Lipinski definition) is 1. The fourth-order valence-corrected chi connectivity index (χ4v) is 4.08. The summed E-state index contributed by atoms with van der Waals surface area (Å²) in [6.45, 7) is 4.63. The minimum Gasteiger partial charge on any atom is -0.380 e. The highest BCUT2D eigenvalue weighted by molar-refractivity contribution is 4.95. The smallest absolute Gasteiger partial charge is 0.0547 e. The van der Waals surface area contributed by atoms with Gasteiger partial charge in [0.25, 0.3) is 0 Å². The topological polar surface area (TPSA) is 21.3 Å². The van der Waals surface area contributed by atoms with Crippen LogP contribution in [0.1, 0.15) is 44.9 Å². The van der Waals surface area contributed by atoms with Crippen molar-refractivity contribution in [2.75, 3.05) is 26.3 Å². The molecule has 1 aliphatic carbocycles. The minimum absolute atomic E-state index is 0.610. The molecule has 3 fully saturated rings. The molecule has 3 aliphatic rings. The Morgan fingerprint density at radius 2 is 1.69 bits per heavy atom. The van der Waals surface area contributed by atoms with Crippen LogP contribution in [0.15, 0.2) is 0 Å². The molecule has 2 aliphatic heterocycles. The summed E-state index contributed by atoms with van der Waals surface area (Å²) in [5.41, 5.74) is 0.610. The molecule has 2 heteroatoms. The molecule has 2 saturated heterocycles. The third kappa shape index (κ3) is 2.02. The summed E-state index contributed by atoms with van der Waals surface area (Å²) in [6.07, 6.45) is 10.2. The standard InChI is InChI=1S/C14H25NO/c1-2-4-13(3-1)14(10-16-11-14)9-12-5-7-15-8-6-12/h12-13,15H,1-11H2. The van der Waals surface area contributed by atoms with E-state index in [2.05, 4.69) is 5.32 Å². The van der Waals surface area contributed by atoms with Crippen LogP contribution in [0.5, 0.6) is 0 Å². The van der Waals surface area contributed by atoms with Crippen LogP contribution in [0.25, 0.3) is 0 Å². The first-order valence-electron chi connectivity index (χ1n) is 7.18. The fourth-order valence-electron chi connectivity index (χ4n) is 4.08. The van der Waals surface area contributed by atoms with Gasteiger partial charge in [-0.15, -0.1) is 0 Å². The molecule has 0 unspecified atom stereocenters. The van der Waals surface area contributed by atoms with Crippen molar-refractivity contribution in [2.45, 2.75) is 44.9 Å². The van der Waals surface area contributed by atoms with Gasteiger partial charge < -0.3 is 10.1 Å². The van der Waals surface area contributed by atoms with E-state index in [0.717, 1.165) is 25.0 Å². The van der Waals surface area contributed by atoms with E-state index >= 15 is 0 Å². The van der Waals surface area contributed by atoms with E-state index in [9.17, 15) is 0 Å². The summed E-state index contributed by atoms with van der Waals surface area (Å²) >= 11 is 0. The second kappa shape index (κ2) is 4.66. The van der Waals surface area contributed by atoms with Gasteiger partial charge >= 0.3 is 0 Å². The third-order valence-corrected chi connectivity index (χ3v) is 5.15. The zero-order valence-corrected chi connectivity index (χ0v) is 10.3. The molecule has 0 spiro atoms. The molecule has 0 aromatic heterocycles. The van der Waals surface area contributed by atoms with Crippen molar-refractivity contribution in [1.29, 1.82) is 0 Å². The van der Waals surface area contributed by atoms with Crippen LogP contribution in [0, 0.1) is 17.3 Å². The second-order valence-electron chi connectivity index (χ2n) is 6.23. The normalized spacial score (nSPS) is 31.5. The first kappa shape index (κ1) is 11.0. The van der Waals surface area contributed by atoms with E-state index in [1.165, 1.54) is 58.0 Å². The van der Waals surface area contributed by atoms with Crippen LogP contribution in [-0.4, -0.2) is 26.3 Å². The maximum atomic E-state index is 5.58. The molecule has 1 saturated carbocycles. The van der Waals surface area contributed by atoms with E-state index < -0.39 is 0 Å². The van der Waals surface area contributed by atoms with Crippen molar-refractivity contribution in [2.24, 2.45) is 17.3 Å². The number of nitrogens with one attached hydrogen (secondary N) is 1. The average molecular weight is 223 g/mol. The molecule has 0 atom stereocenters. The summed E-state index contributed by atoms with van der Waals surface area (Å²) in [4.78, 5) is 0. The van der Waals surface area contributed by atoms with Crippen LogP contribution in [0.3, 0.4) is 0 Å². The Morgan fingerprint density at radius 1 is 1.00 bits per heavy atom. The predicted molar refractivity (Wildman–Crippen MR) is 65.4 cm³/mol. The molecular weight excluding hydrogens is 198 g/mol. The zero-order valence-electron chi connectivity index (χ0n) is 10.3. The molecule has 0 amide bonds. The Balaban J connectivity index is 1.60. The first-order valence-corrected chi connectivity index (χ1v) is 7.18. The Kier molecular flexibility index (Phi) is 3.21. The molecular formula is C14H25NO. The maximum Gasteiger partial charge on any atom is 0.0547 e. The highest BCUT2D eigenvalue weighted by Gasteiger charge is 2.47. The van der Waals surface area contributed by atoms with Gasteiger partial charge in [0.05, 0.1) is 13.2 Å². The summed E-state index contributed by atoms with van der Waals surface area (Å²) in [6, 6.07) is 0. The lowest BCUT2D eigenvalue weighted by Crippen LogP contribution is -2.49. The number of ether oxygens (including phenoxy) is 1. The number of hydrogen-bond acceptors (Lipinski definition) is 2. The molecule has 16 heavy (non-hydrogen) atoms. The number of piperidine rings is 1. The summed E-state index contributed by atoms with van der Waals surface area (Å²) in [5, 5.41) is 3.47. The van der Waals surface area contributed by atoms with Gasteiger partial charge in [-0.25, -0.2) is 0 Å². The molecule has 0 bridgehead atoms. The Morgan fingerprint density at radius 3 is 2.25 bits per heavy atom. The molecule has 92 valence electrons. The molecule has 2 nitrogen and oxygen atoms in total. The van der Waals surface area contributed by atoms with Gasteiger partial charge in [-0.2, -0.15) is 0 Å². The highest BCUT2D eigenvalue weighted by Crippen LogP contribution is 2.49. The lowest BCUT2D eigenvalue weighted by Gasteiger charge is -2.48. The van der Waals surface area contributed by atoms with Gasteiger partial charge in [-0.1, -0.05) is 12.8 Å². The van der Waals surface area contributed by atoms with Gasteiger partial charge in [-0.05, 0) is 57.0 Å². The lowest BCUT2D eigenvalue weighted by molar-refractivity contribution is -0.157. The summed E-state index contributed by atoms with van der Waals surface area (Å²) in [5.74, 6) is 1.97. The van der Waals surface area contributed by atoms with Gasteiger partial charge in [0.1, 0.15) is 0 Å². The van der Waals surface area contributed by atoms with Crippen LogP contribution < -0.4 is 5.32 Å². The zero-order chi connectivity index (χ0) is 10.8. The van der Waals surface area contributed by atoms with E-state index in [-0.39, 0.29) is 0 Å². The highest BCUT2D eigenvalue weighted by atomic mass is 16.5. The third-order valence-electron chi connectivity index (χ3n) is 5.15. The Hall–Kier alpha value is -0.0800. The van der Waals surface area contributed by atoms with Crippen molar-refractivity contribution in [1.82, 2.24) is 5.32 Å². The van der Waals surface area contributed by atoms with Crippen molar-refractivity contribution in [3.05, 3.63) is 0 Å². The fraction of sp³-hybridized carbons (Fsp3) is 1.00. The van der Waals surface area contributed by atoms with Crippen molar-refractivity contribution in [3.8, 4) is 0 Å². The van der Waals surface area contributed by atoms with Gasteiger partial charge in [0.2, 0.25) is 0 Å². The SMILES string of the molecule is C1CCC(C2(CC3CCNCC3)COC2)C1. The summed E-state index contributed by atoms with van der Waals surface area (Å²) in [7, 11) is 0. The largest absolute Gasteiger partial charge is 0.380 e. The molecule has 0 aromatic carbocycles. The first-order chi connectivity index (χ1) is 7.89. The van der Waals surface area contributed by atoms with Gasteiger partial charge in [0, 0.05) is 5.41 Å². The number of rotatable bonds is 3. The average Bonchev–Trinajstić information content (AvgIpc) is 2.78. The quantitative estimate of drug-likeness (QED) is 0.794. The van der Waals surface area contributed by atoms with Crippen molar-refractivity contribution >= 4 is 0 Å². The Bertz CT molecular complexity index is 225. The van der Waals surface area contributed by atoms with Crippen molar-refractivity contribution in [3.63, 3.8) is 0 Å². The van der Waals surface area contributed by atoms with Crippen LogP contribution in [0.4, 0.5) is 0 Å². The molecule has 0 radical (unpaired) electrons. The second-order valence-corrected chi connectivity index (χ2v) is 6.23. The molecule has 1 N–H and O–H groups in total.